The van der Waals surface area contributed by atoms with E-state index in [-0.39, 0.29) is 24.5 Å². The minimum absolute atomic E-state index is 0.0149. The molecule has 0 bridgehead atoms. The number of aromatic nitrogens is 3. The lowest BCUT2D eigenvalue weighted by Crippen LogP contribution is -2.61. The Morgan fingerprint density at radius 3 is 2.81 bits per heavy atom. The van der Waals surface area contributed by atoms with Gasteiger partial charge in [0.25, 0.3) is 0 Å². The number of fused-ring (bicyclic) bond motifs is 1. The number of piperidine rings is 1. The van der Waals surface area contributed by atoms with Crippen LogP contribution in [0.25, 0.3) is 22.2 Å². The zero-order valence-corrected chi connectivity index (χ0v) is 21.3. The van der Waals surface area contributed by atoms with Crippen molar-refractivity contribution in [2.45, 2.75) is 25.2 Å². The average molecular weight is 521 g/mol. The van der Waals surface area contributed by atoms with Crippen LogP contribution in [0, 0.1) is 17.8 Å². The molecule has 2 aliphatic heterocycles. The van der Waals surface area contributed by atoms with Gasteiger partial charge in [0.15, 0.2) is 0 Å². The van der Waals surface area contributed by atoms with E-state index in [9.17, 15) is 15.0 Å². The van der Waals surface area contributed by atoms with E-state index in [4.69, 9.17) is 17.3 Å². The predicted octanol–water partition coefficient (Wildman–Crippen LogP) is 1.79. The maximum Gasteiger partial charge on any atom is 0.246 e. The van der Waals surface area contributed by atoms with Crippen LogP contribution in [-0.4, -0.2) is 78.8 Å². The third-order valence-corrected chi connectivity index (χ3v) is 7.68. The molecule has 5 rings (SSSR count). The first-order valence-corrected chi connectivity index (χ1v) is 12.5. The summed E-state index contributed by atoms with van der Waals surface area (Å²) in [7, 11) is 1.90. The Labute approximate surface area is 220 Å². The zero-order valence-electron chi connectivity index (χ0n) is 20.6. The Hall–Kier alpha value is -3.42. The molecule has 1 aromatic carbocycles. The molecule has 10 heteroatoms. The summed E-state index contributed by atoms with van der Waals surface area (Å²) in [6, 6.07) is 5.48. The minimum atomic E-state index is -0.594. The van der Waals surface area contributed by atoms with Crippen molar-refractivity contribution in [1.29, 1.82) is 0 Å². The summed E-state index contributed by atoms with van der Waals surface area (Å²) in [5, 5.41) is 21.6. The fourth-order valence-electron chi connectivity index (χ4n) is 5.27. The van der Waals surface area contributed by atoms with E-state index in [1.807, 2.05) is 23.7 Å². The van der Waals surface area contributed by atoms with Crippen LogP contribution in [0.5, 0.6) is 0 Å². The third kappa shape index (κ3) is 4.58. The monoisotopic (exact) mass is 520 g/mol. The normalized spacial score (nSPS) is 20.4. The van der Waals surface area contributed by atoms with Crippen LogP contribution in [0.1, 0.15) is 17.7 Å². The molecule has 2 atom stereocenters. The molecule has 37 heavy (non-hydrogen) atoms. The lowest BCUT2D eigenvalue weighted by Gasteiger charge is -2.47. The van der Waals surface area contributed by atoms with Gasteiger partial charge in [-0.1, -0.05) is 30.2 Å². The van der Waals surface area contributed by atoms with Crippen LogP contribution in [0.15, 0.2) is 37.2 Å². The van der Waals surface area contributed by atoms with E-state index in [1.165, 1.54) is 12.4 Å². The molecule has 1 amide bonds. The van der Waals surface area contributed by atoms with Gasteiger partial charge in [-0.25, -0.2) is 9.97 Å². The molecule has 0 aliphatic carbocycles. The van der Waals surface area contributed by atoms with Crippen LogP contribution < -0.4 is 5.73 Å². The molecule has 0 radical (unpaired) electrons. The molecule has 4 N–H and O–H groups in total. The second kappa shape index (κ2) is 10.1. The first-order chi connectivity index (χ1) is 17.8. The largest absolute Gasteiger partial charge is 0.392 e. The van der Waals surface area contributed by atoms with Crippen molar-refractivity contribution in [3.05, 3.63) is 53.5 Å². The van der Waals surface area contributed by atoms with Crippen LogP contribution in [-0.2, 0) is 18.4 Å². The maximum absolute atomic E-state index is 11.9. The van der Waals surface area contributed by atoms with Gasteiger partial charge in [0.2, 0.25) is 5.91 Å². The van der Waals surface area contributed by atoms with Crippen LogP contribution in [0.3, 0.4) is 0 Å². The topological polar surface area (TPSA) is 121 Å². The number of hydrogen-bond donors (Lipinski definition) is 3. The van der Waals surface area contributed by atoms with E-state index in [0.29, 0.717) is 40.5 Å². The van der Waals surface area contributed by atoms with E-state index in [0.717, 1.165) is 36.3 Å². The second-order valence-corrected chi connectivity index (χ2v) is 9.94. The number of nitrogens with zero attached hydrogens (tertiary/aromatic N) is 5. The number of rotatable bonds is 4. The molecule has 2 saturated heterocycles. The molecule has 0 unspecified atom stereocenters. The summed E-state index contributed by atoms with van der Waals surface area (Å²) in [5.41, 5.74) is 9.94. The van der Waals surface area contributed by atoms with E-state index in [1.54, 1.807) is 11.0 Å². The number of aliphatic hydroxyl groups is 2. The number of anilines is 1. The highest BCUT2D eigenvalue weighted by Crippen LogP contribution is 2.37. The number of likely N-dealkylation sites (tertiary alicyclic amines) is 2. The van der Waals surface area contributed by atoms with Crippen molar-refractivity contribution in [3.8, 4) is 23.0 Å². The Morgan fingerprint density at radius 2 is 2.11 bits per heavy atom. The standard InChI is InChI=1S/C27H29ClN6O3/c1-3-23(37)33-9-8-20(22(36)13-33)34-11-16(12-34)4-7-21-24(17-5-6-19(28)18(10-17)14-35)25-26(29)30-15-31-27(25)32(21)2/h3,5-6,10,15-16,20,22,35-36H,1,8-9,11-14H2,2H3,(H2,29,30,31)/t20-,22+/m1/s1. The molecule has 3 aromatic rings. The van der Waals surface area contributed by atoms with Gasteiger partial charge in [0.05, 0.1) is 18.1 Å². The van der Waals surface area contributed by atoms with Crippen molar-refractivity contribution >= 4 is 34.4 Å². The van der Waals surface area contributed by atoms with Gasteiger partial charge in [0.1, 0.15) is 23.5 Å². The Morgan fingerprint density at radius 1 is 1.32 bits per heavy atom. The van der Waals surface area contributed by atoms with Crippen LogP contribution >= 0.6 is 11.6 Å². The van der Waals surface area contributed by atoms with Crippen molar-refractivity contribution in [3.63, 3.8) is 0 Å². The molecule has 2 aliphatic rings. The third-order valence-electron chi connectivity index (χ3n) is 7.31. The molecule has 2 fully saturated rings. The predicted molar refractivity (Wildman–Crippen MR) is 142 cm³/mol. The highest BCUT2D eigenvalue weighted by atomic mass is 35.5. The quantitative estimate of drug-likeness (QED) is 0.354. The van der Waals surface area contributed by atoms with Gasteiger partial charge in [-0.3, -0.25) is 9.69 Å². The summed E-state index contributed by atoms with van der Waals surface area (Å²) < 4.78 is 1.91. The van der Waals surface area contributed by atoms with E-state index < -0.39 is 6.10 Å². The molecular weight excluding hydrogens is 492 g/mol. The number of hydrogen-bond acceptors (Lipinski definition) is 7. The SMILES string of the molecule is C=CC(=O)N1CC[C@@H](N2CC(C#Cc3c(-c4ccc(Cl)c(CO)c4)c4c(N)ncnc4n3C)C2)[C@@H](O)C1. The fraction of sp³-hybridized carbons (Fsp3) is 0.370. The molecule has 0 saturated carbocycles. The first-order valence-electron chi connectivity index (χ1n) is 12.2. The van der Waals surface area contributed by atoms with Gasteiger partial charge in [-0.05, 0) is 41.7 Å². The van der Waals surface area contributed by atoms with Crippen molar-refractivity contribution in [1.82, 2.24) is 24.3 Å². The molecule has 4 heterocycles. The number of β-amino-alcohol motifs (C(OH)–C–C–N with tert-alkyl or cyclic N) is 1. The smallest absolute Gasteiger partial charge is 0.246 e. The van der Waals surface area contributed by atoms with Crippen molar-refractivity contribution in [2.75, 3.05) is 31.9 Å². The fourth-order valence-corrected chi connectivity index (χ4v) is 5.45. The summed E-state index contributed by atoms with van der Waals surface area (Å²) in [6.45, 7) is 5.77. The number of benzene rings is 1. The highest BCUT2D eigenvalue weighted by molar-refractivity contribution is 6.31. The highest BCUT2D eigenvalue weighted by Gasteiger charge is 2.38. The summed E-state index contributed by atoms with van der Waals surface area (Å²) in [5.74, 6) is 7.10. The Bertz CT molecular complexity index is 1440. The number of aliphatic hydroxyl groups excluding tert-OH is 2. The van der Waals surface area contributed by atoms with Gasteiger partial charge >= 0.3 is 0 Å². The van der Waals surface area contributed by atoms with Gasteiger partial charge in [0, 0.05) is 55.8 Å². The second-order valence-electron chi connectivity index (χ2n) is 9.54. The first kappa shape index (κ1) is 25.2. The van der Waals surface area contributed by atoms with E-state index >= 15 is 0 Å². The number of nitrogen functional groups attached to an aromatic ring is 1. The van der Waals surface area contributed by atoms with E-state index in [2.05, 4.69) is 33.3 Å². The minimum Gasteiger partial charge on any atom is -0.392 e. The molecule has 192 valence electrons. The number of aryl methyl sites for hydroxylation is 1. The Kier molecular flexibility index (Phi) is 6.92. The molecule has 2 aromatic heterocycles. The number of amides is 1. The maximum atomic E-state index is 11.9. The lowest BCUT2D eigenvalue weighted by atomic mass is 9.91. The van der Waals surface area contributed by atoms with Crippen molar-refractivity contribution < 1.29 is 15.0 Å². The van der Waals surface area contributed by atoms with Gasteiger partial charge in [-0.15, -0.1) is 0 Å². The Balaban J connectivity index is 1.40. The van der Waals surface area contributed by atoms with Gasteiger partial charge < -0.3 is 25.4 Å². The summed E-state index contributed by atoms with van der Waals surface area (Å²) in [6.07, 6.45) is 2.85. The number of carbonyl (C=O) groups excluding carboxylic acids is 1. The molecular formula is C27H29ClN6O3. The van der Waals surface area contributed by atoms with Crippen LogP contribution in [0.4, 0.5) is 5.82 Å². The summed E-state index contributed by atoms with van der Waals surface area (Å²) >= 11 is 6.24. The van der Waals surface area contributed by atoms with Crippen LogP contribution in [0.2, 0.25) is 5.02 Å². The van der Waals surface area contributed by atoms with Gasteiger partial charge in [-0.2, -0.15) is 0 Å². The molecule has 9 nitrogen and oxygen atoms in total. The zero-order chi connectivity index (χ0) is 26.3. The average Bonchev–Trinajstić information content (AvgIpc) is 3.16. The summed E-state index contributed by atoms with van der Waals surface area (Å²) in [4.78, 5) is 24.4. The number of carbonyl (C=O) groups is 1. The number of nitrogens with two attached hydrogens (primary N) is 1. The number of halogens is 1. The lowest BCUT2D eigenvalue weighted by molar-refractivity contribution is -0.132. The van der Waals surface area contributed by atoms with Crippen molar-refractivity contribution in [2.24, 2.45) is 13.0 Å². The molecule has 0 spiro atoms.